The van der Waals surface area contributed by atoms with E-state index in [1.54, 1.807) is 21.8 Å². The van der Waals surface area contributed by atoms with Crippen molar-refractivity contribution >= 4 is 27.5 Å². The number of aromatic nitrogens is 4. The van der Waals surface area contributed by atoms with E-state index in [1.165, 1.54) is 0 Å². The predicted molar refractivity (Wildman–Crippen MR) is 75.7 cm³/mol. The Balaban J connectivity index is 1.98. The maximum atomic E-state index is 12.1. The zero-order chi connectivity index (χ0) is 14.0. The summed E-state index contributed by atoms with van der Waals surface area (Å²) in [4.78, 5) is 12.1. The van der Waals surface area contributed by atoms with Crippen LogP contribution in [0.15, 0.2) is 23.1 Å². The van der Waals surface area contributed by atoms with Crippen LogP contribution in [0.1, 0.15) is 12.6 Å². The molecular formula is C12H16BrN5O. The fourth-order valence-corrected chi connectivity index (χ4v) is 2.01. The second-order valence-corrected chi connectivity index (χ2v) is 5.45. The van der Waals surface area contributed by atoms with Gasteiger partial charge in [0.15, 0.2) is 0 Å². The van der Waals surface area contributed by atoms with E-state index in [2.05, 4.69) is 31.4 Å². The van der Waals surface area contributed by atoms with Gasteiger partial charge in [0.2, 0.25) is 5.91 Å². The molecule has 1 atom stereocenters. The van der Waals surface area contributed by atoms with Crippen LogP contribution in [0.3, 0.4) is 0 Å². The van der Waals surface area contributed by atoms with Crippen LogP contribution in [0.2, 0.25) is 0 Å². The van der Waals surface area contributed by atoms with Crippen LogP contribution in [-0.4, -0.2) is 25.5 Å². The molecule has 0 aliphatic carbocycles. The van der Waals surface area contributed by atoms with Gasteiger partial charge >= 0.3 is 0 Å². The Bertz CT molecular complexity index is 589. The number of carbonyl (C=O) groups is 1. The summed E-state index contributed by atoms with van der Waals surface area (Å²) >= 11 is 3.33. The Morgan fingerprint density at radius 2 is 2.21 bits per heavy atom. The summed E-state index contributed by atoms with van der Waals surface area (Å²) in [5, 5.41) is 11.1. The Labute approximate surface area is 119 Å². The minimum Gasteiger partial charge on any atom is -0.323 e. The highest BCUT2D eigenvalue weighted by molar-refractivity contribution is 9.10. The van der Waals surface area contributed by atoms with Crippen LogP contribution < -0.4 is 5.32 Å². The fourth-order valence-electron chi connectivity index (χ4n) is 1.68. The fraction of sp³-hybridized carbons (Fsp3) is 0.417. The number of aryl methyl sites for hydroxylation is 1. The molecule has 6 nitrogen and oxygen atoms in total. The second kappa shape index (κ2) is 5.56. The van der Waals surface area contributed by atoms with Crippen molar-refractivity contribution in [2.24, 2.45) is 13.0 Å². The van der Waals surface area contributed by atoms with Crippen LogP contribution in [0.25, 0.3) is 0 Å². The van der Waals surface area contributed by atoms with Crippen LogP contribution in [0, 0.1) is 12.8 Å². The molecule has 0 radical (unpaired) electrons. The monoisotopic (exact) mass is 325 g/mol. The molecule has 2 rings (SSSR count). The molecular weight excluding hydrogens is 310 g/mol. The summed E-state index contributed by atoms with van der Waals surface area (Å²) in [7, 11) is 1.84. The van der Waals surface area contributed by atoms with Crippen LogP contribution in [-0.2, 0) is 18.4 Å². The number of carbonyl (C=O) groups excluding carboxylic acids is 1. The number of hydrogen-bond donors (Lipinski definition) is 1. The van der Waals surface area contributed by atoms with Crippen LogP contribution >= 0.6 is 15.9 Å². The van der Waals surface area contributed by atoms with Gasteiger partial charge in [-0.1, -0.05) is 6.92 Å². The molecule has 2 aromatic heterocycles. The first kappa shape index (κ1) is 13.8. The van der Waals surface area contributed by atoms with Crippen LogP contribution in [0.5, 0.6) is 0 Å². The van der Waals surface area contributed by atoms with Crippen molar-refractivity contribution in [2.45, 2.75) is 20.4 Å². The first-order chi connectivity index (χ1) is 8.97. The standard InChI is InChI=1S/C12H16BrN5O/c1-8(6-18-7-10(13)4-15-18)12(19)16-11-5-14-17(3)9(11)2/h4-5,7-8H,6H2,1-3H3,(H,16,19). The van der Waals surface area contributed by atoms with E-state index in [0.717, 1.165) is 15.9 Å². The highest BCUT2D eigenvalue weighted by Crippen LogP contribution is 2.14. The molecule has 0 saturated heterocycles. The van der Waals surface area contributed by atoms with Gasteiger partial charge in [0.05, 0.1) is 40.7 Å². The average molecular weight is 326 g/mol. The lowest BCUT2D eigenvalue weighted by Gasteiger charge is -2.11. The minimum absolute atomic E-state index is 0.0391. The van der Waals surface area contributed by atoms with Gasteiger partial charge in [-0.2, -0.15) is 10.2 Å². The lowest BCUT2D eigenvalue weighted by molar-refractivity contribution is -0.119. The van der Waals surface area contributed by atoms with E-state index >= 15 is 0 Å². The van der Waals surface area contributed by atoms with Gasteiger partial charge in [-0.15, -0.1) is 0 Å². The van der Waals surface area contributed by atoms with E-state index in [-0.39, 0.29) is 11.8 Å². The lowest BCUT2D eigenvalue weighted by atomic mass is 10.1. The van der Waals surface area contributed by atoms with Crippen molar-refractivity contribution in [2.75, 3.05) is 5.32 Å². The van der Waals surface area contributed by atoms with Gasteiger partial charge in [-0.25, -0.2) is 0 Å². The van der Waals surface area contributed by atoms with E-state index in [9.17, 15) is 4.79 Å². The molecule has 19 heavy (non-hydrogen) atoms. The lowest BCUT2D eigenvalue weighted by Crippen LogP contribution is -2.24. The Morgan fingerprint density at radius 3 is 2.74 bits per heavy atom. The number of amides is 1. The summed E-state index contributed by atoms with van der Waals surface area (Å²) in [5.41, 5.74) is 1.68. The van der Waals surface area contributed by atoms with Gasteiger partial charge in [0.25, 0.3) is 0 Å². The summed E-state index contributed by atoms with van der Waals surface area (Å²) in [6, 6.07) is 0. The van der Waals surface area contributed by atoms with Crippen molar-refractivity contribution in [3.05, 3.63) is 28.8 Å². The third-order valence-corrected chi connectivity index (χ3v) is 3.41. The van der Waals surface area contributed by atoms with E-state index < -0.39 is 0 Å². The Hall–Kier alpha value is -1.63. The van der Waals surface area contributed by atoms with E-state index in [0.29, 0.717) is 6.54 Å². The molecule has 0 fully saturated rings. The van der Waals surface area contributed by atoms with Gasteiger partial charge in [-0.3, -0.25) is 14.2 Å². The van der Waals surface area contributed by atoms with Crippen LogP contribution in [0.4, 0.5) is 5.69 Å². The molecule has 0 aliphatic rings. The average Bonchev–Trinajstić information content (AvgIpc) is 2.90. The molecule has 1 unspecified atom stereocenters. The summed E-state index contributed by atoms with van der Waals surface area (Å²) in [5.74, 6) is -0.214. The summed E-state index contributed by atoms with van der Waals surface area (Å²) in [6.45, 7) is 4.32. The molecule has 7 heteroatoms. The zero-order valence-electron chi connectivity index (χ0n) is 11.1. The molecule has 0 bridgehead atoms. The number of nitrogens with one attached hydrogen (secondary N) is 1. The second-order valence-electron chi connectivity index (χ2n) is 4.54. The molecule has 0 aromatic carbocycles. The Morgan fingerprint density at radius 1 is 1.47 bits per heavy atom. The van der Waals surface area contributed by atoms with Crippen molar-refractivity contribution in [3.8, 4) is 0 Å². The molecule has 2 aromatic rings. The smallest absolute Gasteiger partial charge is 0.229 e. The normalized spacial score (nSPS) is 12.4. The quantitative estimate of drug-likeness (QED) is 0.934. The third-order valence-electron chi connectivity index (χ3n) is 3.00. The first-order valence-corrected chi connectivity index (χ1v) is 6.74. The van der Waals surface area contributed by atoms with Crippen molar-refractivity contribution in [1.82, 2.24) is 19.6 Å². The molecule has 0 aliphatic heterocycles. The van der Waals surface area contributed by atoms with E-state index in [1.807, 2.05) is 27.1 Å². The topological polar surface area (TPSA) is 64.7 Å². The van der Waals surface area contributed by atoms with Crippen molar-refractivity contribution < 1.29 is 4.79 Å². The zero-order valence-corrected chi connectivity index (χ0v) is 12.7. The van der Waals surface area contributed by atoms with Gasteiger partial charge in [0, 0.05) is 13.2 Å². The maximum Gasteiger partial charge on any atom is 0.229 e. The molecule has 1 amide bonds. The van der Waals surface area contributed by atoms with Gasteiger partial charge < -0.3 is 5.32 Å². The number of hydrogen-bond acceptors (Lipinski definition) is 3. The molecule has 2 heterocycles. The highest BCUT2D eigenvalue weighted by atomic mass is 79.9. The number of anilines is 1. The molecule has 0 spiro atoms. The highest BCUT2D eigenvalue weighted by Gasteiger charge is 2.16. The number of rotatable bonds is 4. The Kier molecular flexibility index (Phi) is 4.04. The molecule has 0 saturated carbocycles. The largest absolute Gasteiger partial charge is 0.323 e. The molecule has 1 N–H and O–H groups in total. The molecule has 102 valence electrons. The SMILES string of the molecule is Cc1c(NC(=O)C(C)Cn2cc(Br)cn2)cnn1C. The predicted octanol–water partition coefficient (Wildman–Crippen LogP) is 1.96. The maximum absolute atomic E-state index is 12.1. The van der Waals surface area contributed by atoms with Crippen molar-refractivity contribution in [1.29, 1.82) is 0 Å². The summed E-state index contributed by atoms with van der Waals surface area (Å²) in [6.07, 6.45) is 5.21. The summed E-state index contributed by atoms with van der Waals surface area (Å²) < 4.78 is 4.37. The van der Waals surface area contributed by atoms with Gasteiger partial charge in [-0.05, 0) is 22.9 Å². The number of nitrogens with zero attached hydrogens (tertiary/aromatic N) is 4. The minimum atomic E-state index is -0.175. The number of halogens is 1. The third kappa shape index (κ3) is 3.23. The van der Waals surface area contributed by atoms with Crippen molar-refractivity contribution in [3.63, 3.8) is 0 Å². The first-order valence-electron chi connectivity index (χ1n) is 5.95. The van der Waals surface area contributed by atoms with E-state index in [4.69, 9.17) is 0 Å². The van der Waals surface area contributed by atoms with Gasteiger partial charge in [0.1, 0.15) is 0 Å².